The summed E-state index contributed by atoms with van der Waals surface area (Å²) in [6.07, 6.45) is 1.11. The zero-order valence-corrected chi connectivity index (χ0v) is 18.1. The minimum atomic E-state index is 0.750. The van der Waals surface area contributed by atoms with E-state index in [1.807, 2.05) is 25.1 Å². The SMILES string of the molecule is Cc1ccc(NC(=S)N(CCC[NH+]2CCOCC2)Cc2cccs2)cc1Cl. The first-order valence-electron chi connectivity index (χ1n) is 9.37. The van der Waals surface area contributed by atoms with Gasteiger partial charge in [-0.1, -0.05) is 23.7 Å². The fourth-order valence-electron chi connectivity index (χ4n) is 3.15. The van der Waals surface area contributed by atoms with Crippen molar-refractivity contribution in [1.82, 2.24) is 4.90 Å². The third-order valence-electron chi connectivity index (χ3n) is 4.80. The highest BCUT2D eigenvalue weighted by molar-refractivity contribution is 7.80. The minimum Gasteiger partial charge on any atom is -0.370 e. The maximum Gasteiger partial charge on any atom is 0.173 e. The van der Waals surface area contributed by atoms with Crippen molar-refractivity contribution in [2.24, 2.45) is 0 Å². The van der Waals surface area contributed by atoms with Crippen LogP contribution >= 0.6 is 35.2 Å². The van der Waals surface area contributed by atoms with Crippen LogP contribution in [0.1, 0.15) is 16.9 Å². The zero-order chi connectivity index (χ0) is 19.1. The van der Waals surface area contributed by atoms with E-state index in [4.69, 9.17) is 28.6 Å². The van der Waals surface area contributed by atoms with E-state index in [0.29, 0.717) is 0 Å². The fraction of sp³-hybridized carbons (Fsp3) is 0.450. The van der Waals surface area contributed by atoms with Gasteiger partial charge in [0.2, 0.25) is 0 Å². The Morgan fingerprint density at radius 1 is 1.33 bits per heavy atom. The predicted octanol–water partition coefficient (Wildman–Crippen LogP) is 3.21. The Morgan fingerprint density at radius 2 is 2.15 bits per heavy atom. The highest BCUT2D eigenvalue weighted by atomic mass is 35.5. The van der Waals surface area contributed by atoms with Crippen LogP contribution in [0.3, 0.4) is 0 Å². The van der Waals surface area contributed by atoms with Crippen LogP contribution in [0.15, 0.2) is 35.7 Å². The van der Waals surface area contributed by atoms with Crippen molar-refractivity contribution in [3.05, 3.63) is 51.2 Å². The molecule has 1 aromatic carbocycles. The van der Waals surface area contributed by atoms with Crippen LogP contribution in [0.4, 0.5) is 5.69 Å². The van der Waals surface area contributed by atoms with E-state index in [1.165, 1.54) is 4.88 Å². The number of ether oxygens (including phenoxy) is 1. The molecule has 0 atom stereocenters. The number of thiocarbonyl (C=S) groups is 1. The van der Waals surface area contributed by atoms with Gasteiger partial charge in [0.05, 0.1) is 26.3 Å². The van der Waals surface area contributed by atoms with E-state index in [9.17, 15) is 0 Å². The van der Waals surface area contributed by atoms with Gasteiger partial charge in [0, 0.05) is 28.6 Å². The number of nitrogens with zero attached hydrogens (tertiary/aromatic N) is 1. The van der Waals surface area contributed by atoms with E-state index in [0.717, 1.165) is 73.7 Å². The highest BCUT2D eigenvalue weighted by Gasteiger charge is 2.16. The number of nitrogens with one attached hydrogen (secondary N) is 2. The Hall–Kier alpha value is -1.18. The van der Waals surface area contributed by atoms with Gasteiger partial charge in [0.25, 0.3) is 0 Å². The molecule has 0 amide bonds. The first kappa shape index (κ1) is 20.6. The second kappa shape index (κ2) is 10.4. The number of morpholine rings is 1. The molecule has 0 spiro atoms. The quantitative estimate of drug-likeness (QED) is 0.668. The summed E-state index contributed by atoms with van der Waals surface area (Å²) in [5.74, 6) is 0. The molecule has 4 nitrogen and oxygen atoms in total. The summed E-state index contributed by atoms with van der Waals surface area (Å²) in [6, 6.07) is 10.2. The first-order chi connectivity index (χ1) is 13.1. The Balaban J connectivity index is 1.59. The van der Waals surface area contributed by atoms with Crippen LogP contribution < -0.4 is 10.2 Å². The van der Waals surface area contributed by atoms with Crippen molar-refractivity contribution < 1.29 is 9.64 Å². The van der Waals surface area contributed by atoms with Gasteiger partial charge in [-0.05, 0) is 48.3 Å². The molecule has 2 heterocycles. The Labute approximate surface area is 176 Å². The minimum absolute atomic E-state index is 0.750. The molecule has 27 heavy (non-hydrogen) atoms. The molecule has 7 heteroatoms. The summed E-state index contributed by atoms with van der Waals surface area (Å²) in [7, 11) is 0. The standard InChI is InChI=1S/C20H26ClN3OS2/c1-16-5-6-17(14-19(16)21)22-20(26)24(15-18-4-2-13-27-18)8-3-7-23-9-11-25-12-10-23/h2,4-6,13-14H,3,7-12,15H2,1H3,(H,22,26)/p+1. The molecule has 0 unspecified atom stereocenters. The summed E-state index contributed by atoms with van der Waals surface area (Å²) in [6.45, 7) is 8.90. The van der Waals surface area contributed by atoms with Crippen molar-refractivity contribution in [3.63, 3.8) is 0 Å². The molecule has 0 aliphatic carbocycles. The van der Waals surface area contributed by atoms with E-state index in [1.54, 1.807) is 16.2 Å². The summed E-state index contributed by atoms with van der Waals surface area (Å²) in [5, 5.41) is 6.98. The molecule has 146 valence electrons. The molecule has 2 aromatic rings. The van der Waals surface area contributed by atoms with Gasteiger partial charge in [-0.3, -0.25) is 0 Å². The number of thiophene rings is 1. The molecule has 0 saturated carbocycles. The van der Waals surface area contributed by atoms with Crippen LogP contribution in [-0.4, -0.2) is 49.4 Å². The maximum atomic E-state index is 6.25. The van der Waals surface area contributed by atoms with Gasteiger partial charge < -0.3 is 19.9 Å². The average Bonchev–Trinajstić information content (AvgIpc) is 3.18. The number of hydrogen-bond donors (Lipinski definition) is 2. The number of anilines is 1. The lowest BCUT2D eigenvalue weighted by molar-refractivity contribution is -0.908. The summed E-state index contributed by atoms with van der Waals surface area (Å²) in [5.41, 5.74) is 2.00. The lowest BCUT2D eigenvalue weighted by atomic mass is 10.2. The van der Waals surface area contributed by atoms with Crippen molar-refractivity contribution in [1.29, 1.82) is 0 Å². The van der Waals surface area contributed by atoms with Gasteiger partial charge in [-0.2, -0.15) is 0 Å². The topological polar surface area (TPSA) is 28.9 Å². The molecule has 1 aromatic heterocycles. The second-order valence-electron chi connectivity index (χ2n) is 6.86. The maximum absolute atomic E-state index is 6.25. The first-order valence-corrected chi connectivity index (χ1v) is 11.0. The Bertz CT molecular complexity index is 733. The molecular weight excluding hydrogens is 398 g/mol. The number of benzene rings is 1. The van der Waals surface area contributed by atoms with Gasteiger partial charge in [0.15, 0.2) is 5.11 Å². The molecule has 1 fully saturated rings. The third kappa shape index (κ3) is 6.43. The number of hydrogen-bond acceptors (Lipinski definition) is 3. The Morgan fingerprint density at radius 3 is 2.85 bits per heavy atom. The van der Waals surface area contributed by atoms with Crippen LogP contribution in [-0.2, 0) is 11.3 Å². The molecule has 2 N–H and O–H groups in total. The molecule has 0 bridgehead atoms. The Kier molecular flexibility index (Phi) is 7.91. The van der Waals surface area contributed by atoms with Gasteiger partial charge >= 0.3 is 0 Å². The summed E-state index contributed by atoms with van der Waals surface area (Å²) < 4.78 is 5.45. The van der Waals surface area contributed by atoms with E-state index in [2.05, 4.69) is 27.7 Å². The number of quaternary nitrogens is 1. The smallest absolute Gasteiger partial charge is 0.173 e. The van der Waals surface area contributed by atoms with Crippen molar-refractivity contribution in [3.8, 4) is 0 Å². The van der Waals surface area contributed by atoms with Crippen molar-refractivity contribution >= 4 is 46.0 Å². The fourth-order valence-corrected chi connectivity index (χ4v) is 4.32. The molecular formula is C20H27ClN3OS2+. The number of aryl methyl sites for hydroxylation is 1. The largest absolute Gasteiger partial charge is 0.370 e. The van der Waals surface area contributed by atoms with Crippen LogP contribution in [0, 0.1) is 6.92 Å². The number of halogens is 1. The average molecular weight is 425 g/mol. The third-order valence-corrected chi connectivity index (χ3v) is 6.42. The van der Waals surface area contributed by atoms with Gasteiger partial charge in [0.1, 0.15) is 13.1 Å². The van der Waals surface area contributed by atoms with Gasteiger partial charge in [-0.25, -0.2) is 0 Å². The van der Waals surface area contributed by atoms with Crippen LogP contribution in [0.5, 0.6) is 0 Å². The van der Waals surface area contributed by atoms with E-state index < -0.39 is 0 Å². The van der Waals surface area contributed by atoms with Crippen molar-refractivity contribution in [2.75, 3.05) is 44.7 Å². The second-order valence-corrected chi connectivity index (χ2v) is 8.69. The monoisotopic (exact) mass is 424 g/mol. The number of rotatable bonds is 7. The van der Waals surface area contributed by atoms with E-state index in [-0.39, 0.29) is 0 Å². The van der Waals surface area contributed by atoms with E-state index >= 15 is 0 Å². The molecule has 3 rings (SSSR count). The summed E-state index contributed by atoms with van der Waals surface area (Å²) in [4.78, 5) is 5.20. The lowest BCUT2D eigenvalue weighted by Gasteiger charge is -2.28. The summed E-state index contributed by atoms with van der Waals surface area (Å²) >= 11 is 13.7. The normalized spacial score (nSPS) is 14.9. The zero-order valence-electron chi connectivity index (χ0n) is 15.7. The molecule has 1 aliphatic heterocycles. The van der Waals surface area contributed by atoms with Crippen molar-refractivity contribution in [2.45, 2.75) is 19.9 Å². The predicted molar refractivity (Wildman–Crippen MR) is 118 cm³/mol. The van der Waals surface area contributed by atoms with Crippen LogP contribution in [0.25, 0.3) is 0 Å². The molecule has 0 radical (unpaired) electrons. The lowest BCUT2D eigenvalue weighted by Crippen LogP contribution is -3.14. The van der Waals surface area contributed by atoms with Crippen LogP contribution in [0.2, 0.25) is 5.02 Å². The molecule has 1 saturated heterocycles. The van der Waals surface area contributed by atoms with Gasteiger partial charge in [-0.15, -0.1) is 11.3 Å². The molecule has 1 aliphatic rings. The highest BCUT2D eigenvalue weighted by Crippen LogP contribution is 2.21.